The van der Waals surface area contributed by atoms with Gasteiger partial charge in [0.1, 0.15) is 0 Å². The highest BCUT2D eigenvalue weighted by molar-refractivity contribution is 9.10. The van der Waals surface area contributed by atoms with Crippen molar-refractivity contribution in [2.24, 2.45) is 0 Å². The average Bonchev–Trinajstić information content (AvgIpc) is 3.23. The Hall–Kier alpha value is -3.88. The van der Waals surface area contributed by atoms with Crippen molar-refractivity contribution in [2.45, 2.75) is 0 Å². The van der Waals surface area contributed by atoms with Crippen molar-refractivity contribution >= 4 is 59.3 Å². The van der Waals surface area contributed by atoms with Gasteiger partial charge in [0.15, 0.2) is 0 Å². The van der Waals surface area contributed by atoms with Gasteiger partial charge in [0, 0.05) is 26.3 Å². The van der Waals surface area contributed by atoms with Crippen molar-refractivity contribution in [3.63, 3.8) is 0 Å². The molecule has 0 amide bonds. The number of aromatic nitrogens is 1. The summed E-state index contributed by atoms with van der Waals surface area (Å²) < 4.78 is 3.52. The van der Waals surface area contributed by atoms with E-state index in [4.69, 9.17) is 0 Å². The van der Waals surface area contributed by atoms with E-state index in [1.165, 1.54) is 60.2 Å². The molecule has 1 heterocycles. The number of hydrogen-bond donors (Lipinski definition) is 0. The standard InChI is InChI=1S/C32H20BrN/c33-24-17-15-22-16-18-29-28-12-3-4-14-31(28)34(32(29)30(22)20-24)25-10-5-9-23(19-25)27-13-6-8-21-7-1-2-11-26(21)27/h1-20H. The van der Waals surface area contributed by atoms with Gasteiger partial charge >= 0.3 is 0 Å². The number of halogens is 1. The summed E-state index contributed by atoms with van der Waals surface area (Å²) in [7, 11) is 0. The lowest BCUT2D eigenvalue weighted by Gasteiger charge is -2.13. The molecule has 7 aromatic rings. The summed E-state index contributed by atoms with van der Waals surface area (Å²) in [5.74, 6) is 0. The largest absolute Gasteiger partial charge is 0.309 e. The maximum Gasteiger partial charge on any atom is 0.0619 e. The molecule has 160 valence electrons. The maximum absolute atomic E-state index is 3.70. The lowest BCUT2D eigenvalue weighted by molar-refractivity contribution is 1.19. The van der Waals surface area contributed by atoms with Crippen LogP contribution >= 0.6 is 15.9 Å². The van der Waals surface area contributed by atoms with Crippen molar-refractivity contribution in [3.8, 4) is 16.8 Å². The number of hydrogen-bond acceptors (Lipinski definition) is 0. The van der Waals surface area contributed by atoms with Crippen LogP contribution in [0, 0.1) is 0 Å². The predicted octanol–water partition coefficient (Wildman–Crippen LogP) is 9.52. The Balaban J connectivity index is 1.58. The van der Waals surface area contributed by atoms with Crippen molar-refractivity contribution in [3.05, 3.63) is 126 Å². The molecule has 0 fully saturated rings. The van der Waals surface area contributed by atoms with E-state index < -0.39 is 0 Å². The average molecular weight is 498 g/mol. The second-order valence-electron chi connectivity index (χ2n) is 8.76. The maximum atomic E-state index is 3.70. The van der Waals surface area contributed by atoms with Gasteiger partial charge in [-0.2, -0.15) is 0 Å². The number of fused-ring (bicyclic) bond motifs is 6. The zero-order chi connectivity index (χ0) is 22.6. The van der Waals surface area contributed by atoms with Crippen LogP contribution in [0.4, 0.5) is 0 Å². The molecule has 0 unspecified atom stereocenters. The molecule has 0 saturated heterocycles. The van der Waals surface area contributed by atoms with Crippen LogP contribution in [0.25, 0.3) is 60.2 Å². The van der Waals surface area contributed by atoms with Gasteiger partial charge in [-0.05, 0) is 57.6 Å². The smallest absolute Gasteiger partial charge is 0.0619 e. The zero-order valence-corrected chi connectivity index (χ0v) is 20.0. The van der Waals surface area contributed by atoms with Gasteiger partial charge in [-0.1, -0.05) is 107 Å². The first kappa shape index (κ1) is 19.6. The van der Waals surface area contributed by atoms with E-state index in [0.29, 0.717) is 0 Å². The molecule has 1 nitrogen and oxygen atoms in total. The predicted molar refractivity (Wildman–Crippen MR) is 149 cm³/mol. The van der Waals surface area contributed by atoms with Crippen LogP contribution in [0.15, 0.2) is 126 Å². The summed E-state index contributed by atoms with van der Waals surface area (Å²) in [6.45, 7) is 0. The molecule has 0 aliphatic rings. The van der Waals surface area contributed by atoms with Gasteiger partial charge in [0.05, 0.1) is 11.0 Å². The first-order valence-corrected chi connectivity index (χ1v) is 12.3. The first-order chi connectivity index (χ1) is 16.8. The van der Waals surface area contributed by atoms with Crippen LogP contribution in [0.1, 0.15) is 0 Å². The Bertz CT molecular complexity index is 1870. The van der Waals surface area contributed by atoms with Crippen LogP contribution in [-0.4, -0.2) is 4.57 Å². The molecule has 0 bridgehead atoms. The first-order valence-electron chi connectivity index (χ1n) is 11.5. The Labute approximate surface area is 206 Å². The fraction of sp³-hybridized carbons (Fsp3) is 0. The molecule has 0 aliphatic carbocycles. The third-order valence-electron chi connectivity index (χ3n) is 6.82. The minimum Gasteiger partial charge on any atom is -0.309 e. The summed E-state index contributed by atoms with van der Waals surface area (Å²) >= 11 is 3.70. The van der Waals surface area contributed by atoms with Crippen molar-refractivity contribution in [2.75, 3.05) is 0 Å². The lowest BCUT2D eigenvalue weighted by atomic mass is 9.98. The summed E-state index contributed by atoms with van der Waals surface area (Å²) in [6, 6.07) is 43.8. The van der Waals surface area contributed by atoms with Crippen LogP contribution in [-0.2, 0) is 0 Å². The summed E-state index contributed by atoms with van der Waals surface area (Å²) in [4.78, 5) is 0. The Morgan fingerprint density at radius 1 is 0.500 bits per heavy atom. The van der Waals surface area contributed by atoms with E-state index in [0.717, 1.165) is 4.47 Å². The van der Waals surface area contributed by atoms with Gasteiger partial charge < -0.3 is 4.57 Å². The molecular weight excluding hydrogens is 478 g/mol. The van der Waals surface area contributed by atoms with E-state index in [9.17, 15) is 0 Å². The van der Waals surface area contributed by atoms with Crippen molar-refractivity contribution < 1.29 is 0 Å². The molecule has 0 spiro atoms. The third-order valence-corrected chi connectivity index (χ3v) is 7.31. The minimum absolute atomic E-state index is 1.09. The van der Waals surface area contributed by atoms with Crippen molar-refractivity contribution in [1.29, 1.82) is 0 Å². The lowest BCUT2D eigenvalue weighted by Crippen LogP contribution is -1.95. The van der Waals surface area contributed by atoms with Gasteiger partial charge in [-0.25, -0.2) is 0 Å². The fourth-order valence-electron chi connectivity index (χ4n) is 5.31. The van der Waals surface area contributed by atoms with E-state index in [-0.39, 0.29) is 0 Å². The molecule has 0 radical (unpaired) electrons. The SMILES string of the molecule is Brc1ccc2ccc3c4ccccc4n(-c4cccc(-c5cccc6ccccc56)c4)c3c2c1. The molecule has 6 aromatic carbocycles. The van der Waals surface area contributed by atoms with Crippen molar-refractivity contribution in [1.82, 2.24) is 4.57 Å². The van der Waals surface area contributed by atoms with Crippen LogP contribution in [0.3, 0.4) is 0 Å². The molecule has 7 rings (SSSR count). The highest BCUT2D eigenvalue weighted by atomic mass is 79.9. The summed E-state index contributed by atoms with van der Waals surface area (Å²) in [5, 5.41) is 7.58. The minimum atomic E-state index is 1.09. The van der Waals surface area contributed by atoms with E-state index in [1.807, 2.05) is 0 Å². The van der Waals surface area contributed by atoms with Gasteiger partial charge in [-0.15, -0.1) is 0 Å². The highest BCUT2D eigenvalue weighted by Gasteiger charge is 2.15. The molecule has 0 aliphatic heterocycles. The molecule has 2 heteroatoms. The van der Waals surface area contributed by atoms with E-state index in [1.54, 1.807) is 0 Å². The van der Waals surface area contributed by atoms with Crippen LogP contribution in [0.5, 0.6) is 0 Å². The van der Waals surface area contributed by atoms with E-state index in [2.05, 4.69) is 142 Å². The zero-order valence-electron chi connectivity index (χ0n) is 18.4. The Morgan fingerprint density at radius 3 is 2.18 bits per heavy atom. The van der Waals surface area contributed by atoms with Crippen LogP contribution < -0.4 is 0 Å². The number of para-hydroxylation sites is 1. The second kappa shape index (κ2) is 7.58. The molecule has 0 atom stereocenters. The summed E-state index contributed by atoms with van der Waals surface area (Å²) in [6.07, 6.45) is 0. The number of rotatable bonds is 2. The number of nitrogens with zero attached hydrogens (tertiary/aromatic N) is 1. The second-order valence-corrected chi connectivity index (χ2v) is 9.67. The van der Waals surface area contributed by atoms with Gasteiger partial charge in [-0.3, -0.25) is 0 Å². The monoisotopic (exact) mass is 497 g/mol. The number of benzene rings is 6. The summed E-state index contributed by atoms with van der Waals surface area (Å²) in [5.41, 5.74) is 6.12. The van der Waals surface area contributed by atoms with E-state index >= 15 is 0 Å². The molecule has 34 heavy (non-hydrogen) atoms. The van der Waals surface area contributed by atoms with Crippen LogP contribution in [0.2, 0.25) is 0 Å². The topological polar surface area (TPSA) is 4.93 Å². The molecule has 1 aromatic heterocycles. The Kier molecular flexibility index (Phi) is 4.36. The molecule has 0 saturated carbocycles. The normalized spacial score (nSPS) is 11.7. The fourth-order valence-corrected chi connectivity index (χ4v) is 5.67. The molecule has 0 N–H and O–H groups in total. The highest BCUT2D eigenvalue weighted by Crippen LogP contribution is 2.38. The third kappa shape index (κ3) is 2.92. The Morgan fingerprint density at radius 2 is 1.24 bits per heavy atom. The quantitative estimate of drug-likeness (QED) is 0.224. The molecular formula is C32H20BrN. The van der Waals surface area contributed by atoms with Gasteiger partial charge in [0.2, 0.25) is 0 Å². The van der Waals surface area contributed by atoms with Gasteiger partial charge in [0.25, 0.3) is 0 Å².